The van der Waals surface area contributed by atoms with Crippen LogP contribution in [0.15, 0.2) is 0 Å². The van der Waals surface area contributed by atoms with Crippen molar-refractivity contribution < 1.29 is 14.7 Å². The predicted octanol–water partition coefficient (Wildman–Crippen LogP) is 4.22. The third-order valence-electron chi connectivity index (χ3n) is 2.49. The smallest absolute Gasteiger partial charge is 0.435 e. The molecule has 0 aliphatic rings. The minimum Gasteiger partial charge on any atom is -0.442 e. The molecule has 0 fully saturated rings. The first-order valence-corrected chi connectivity index (χ1v) is 7.36. The number of unbranched alkanes of at least 4 members (excludes halogenated alkanes) is 2. The highest BCUT2D eigenvalue weighted by molar-refractivity contribution is 5.67. The van der Waals surface area contributed by atoms with Crippen molar-refractivity contribution in [3.8, 4) is 11.8 Å². The summed E-state index contributed by atoms with van der Waals surface area (Å²) in [6.45, 7) is 11.5. The first kappa shape index (κ1) is 18.8. The van der Waals surface area contributed by atoms with Gasteiger partial charge in [-0.3, -0.25) is 5.21 Å². The number of carbonyl (C=O) groups is 1. The van der Waals surface area contributed by atoms with E-state index < -0.39 is 17.7 Å². The van der Waals surface area contributed by atoms with Crippen molar-refractivity contribution in [2.24, 2.45) is 5.92 Å². The molecule has 0 rings (SSSR count). The van der Waals surface area contributed by atoms with Gasteiger partial charge in [0.2, 0.25) is 0 Å². The van der Waals surface area contributed by atoms with Crippen molar-refractivity contribution in [2.75, 3.05) is 0 Å². The van der Waals surface area contributed by atoms with E-state index in [9.17, 15) is 10.0 Å². The van der Waals surface area contributed by atoms with Crippen LogP contribution < -0.4 is 0 Å². The lowest BCUT2D eigenvalue weighted by Crippen LogP contribution is -2.41. The van der Waals surface area contributed by atoms with Crippen LogP contribution in [0.5, 0.6) is 0 Å². The zero-order valence-corrected chi connectivity index (χ0v) is 13.7. The van der Waals surface area contributed by atoms with Crippen molar-refractivity contribution in [1.82, 2.24) is 5.06 Å². The summed E-state index contributed by atoms with van der Waals surface area (Å²) in [5, 5.41) is 10.6. The summed E-state index contributed by atoms with van der Waals surface area (Å²) >= 11 is 0. The van der Waals surface area contributed by atoms with Crippen LogP contribution >= 0.6 is 0 Å². The molecular formula is C16H29NO3. The molecule has 0 bridgehead atoms. The fourth-order valence-electron chi connectivity index (χ4n) is 1.56. The maximum absolute atomic E-state index is 11.9. The molecule has 0 saturated heterocycles. The van der Waals surface area contributed by atoms with Gasteiger partial charge >= 0.3 is 6.09 Å². The highest BCUT2D eigenvalue weighted by Crippen LogP contribution is 2.14. The largest absolute Gasteiger partial charge is 0.442 e. The van der Waals surface area contributed by atoms with Gasteiger partial charge in [0.25, 0.3) is 0 Å². The summed E-state index contributed by atoms with van der Waals surface area (Å²) in [5.41, 5.74) is -0.629. The van der Waals surface area contributed by atoms with Crippen LogP contribution in [0.25, 0.3) is 0 Å². The van der Waals surface area contributed by atoms with Crippen LogP contribution in [0.2, 0.25) is 0 Å². The Labute approximate surface area is 123 Å². The first-order valence-electron chi connectivity index (χ1n) is 7.36. The Morgan fingerprint density at radius 1 is 1.35 bits per heavy atom. The van der Waals surface area contributed by atoms with Crippen molar-refractivity contribution in [3.05, 3.63) is 0 Å². The number of nitrogens with zero attached hydrogens (tertiary/aromatic N) is 1. The van der Waals surface area contributed by atoms with Gasteiger partial charge in [0, 0.05) is 6.42 Å². The van der Waals surface area contributed by atoms with Crippen LogP contribution in [-0.2, 0) is 4.74 Å². The highest BCUT2D eigenvalue weighted by atomic mass is 16.6. The molecule has 20 heavy (non-hydrogen) atoms. The van der Waals surface area contributed by atoms with Crippen molar-refractivity contribution in [1.29, 1.82) is 0 Å². The van der Waals surface area contributed by atoms with E-state index in [0.29, 0.717) is 17.4 Å². The fraction of sp³-hybridized carbons (Fsp3) is 0.812. The third kappa shape index (κ3) is 8.82. The molecule has 0 aromatic carbocycles. The number of hydrogen-bond acceptors (Lipinski definition) is 3. The van der Waals surface area contributed by atoms with E-state index in [1.807, 2.05) is 13.8 Å². The normalized spacial score (nSPS) is 12.6. The Balaban J connectivity index is 4.73. The quantitative estimate of drug-likeness (QED) is 0.356. The summed E-state index contributed by atoms with van der Waals surface area (Å²) in [6.07, 6.45) is 2.77. The van der Waals surface area contributed by atoms with Crippen LogP contribution in [0, 0.1) is 17.8 Å². The van der Waals surface area contributed by atoms with Gasteiger partial charge in [-0.2, -0.15) is 5.06 Å². The molecule has 1 amide bonds. The van der Waals surface area contributed by atoms with Crippen molar-refractivity contribution in [3.63, 3.8) is 0 Å². The van der Waals surface area contributed by atoms with Gasteiger partial charge in [-0.05, 0) is 39.5 Å². The van der Waals surface area contributed by atoms with E-state index in [2.05, 4.69) is 18.8 Å². The standard InChI is InChI=1S/C16H29NO3/c1-7-8-9-10-11-14(12-13(2)3)17(19)15(18)20-16(4,5)6/h13-14,19H,7-9,12H2,1-6H3. The average molecular weight is 283 g/mol. The van der Waals surface area contributed by atoms with Crippen molar-refractivity contribution in [2.45, 2.75) is 78.9 Å². The van der Waals surface area contributed by atoms with Crippen LogP contribution in [-0.4, -0.2) is 28.0 Å². The third-order valence-corrected chi connectivity index (χ3v) is 2.49. The van der Waals surface area contributed by atoms with Crippen LogP contribution in [0.1, 0.15) is 67.2 Å². The van der Waals surface area contributed by atoms with Gasteiger partial charge in [0.1, 0.15) is 11.6 Å². The van der Waals surface area contributed by atoms with Crippen LogP contribution in [0.3, 0.4) is 0 Å². The van der Waals surface area contributed by atoms with E-state index in [4.69, 9.17) is 4.74 Å². The maximum Gasteiger partial charge on any atom is 0.435 e. The number of hydroxylamine groups is 2. The molecule has 0 radical (unpaired) electrons. The molecule has 1 N–H and O–H groups in total. The Morgan fingerprint density at radius 3 is 2.40 bits per heavy atom. The monoisotopic (exact) mass is 283 g/mol. The van der Waals surface area contributed by atoms with Gasteiger partial charge in [0.05, 0.1) is 0 Å². The molecule has 1 unspecified atom stereocenters. The molecule has 116 valence electrons. The van der Waals surface area contributed by atoms with E-state index in [-0.39, 0.29) is 0 Å². The second-order valence-corrected chi connectivity index (χ2v) is 6.39. The van der Waals surface area contributed by atoms with Gasteiger partial charge in [-0.25, -0.2) is 4.79 Å². The van der Waals surface area contributed by atoms with Gasteiger partial charge in [-0.1, -0.05) is 33.1 Å². The number of rotatable bonds is 5. The van der Waals surface area contributed by atoms with Gasteiger partial charge in [-0.15, -0.1) is 5.92 Å². The number of hydrogen-bond donors (Lipinski definition) is 1. The molecule has 0 aliphatic heterocycles. The van der Waals surface area contributed by atoms with Crippen LogP contribution in [0.4, 0.5) is 4.79 Å². The summed E-state index contributed by atoms with van der Waals surface area (Å²) in [7, 11) is 0. The van der Waals surface area contributed by atoms with Crippen molar-refractivity contribution >= 4 is 6.09 Å². The number of carbonyl (C=O) groups excluding carboxylic acids is 1. The molecule has 0 aliphatic carbocycles. The molecule has 0 spiro atoms. The highest BCUT2D eigenvalue weighted by Gasteiger charge is 2.26. The van der Waals surface area contributed by atoms with E-state index in [1.165, 1.54) is 0 Å². The minimum atomic E-state index is -0.743. The Bertz CT molecular complexity index is 347. The molecule has 4 nitrogen and oxygen atoms in total. The first-order chi connectivity index (χ1) is 9.17. The fourth-order valence-corrected chi connectivity index (χ4v) is 1.56. The second kappa shape index (κ2) is 8.86. The SMILES string of the molecule is CCCCC#CC(CC(C)C)N(O)C(=O)OC(C)(C)C. The molecular weight excluding hydrogens is 254 g/mol. The lowest BCUT2D eigenvalue weighted by molar-refractivity contribution is -0.111. The molecule has 0 saturated carbocycles. The van der Waals surface area contributed by atoms with E-state index in [0.717, 1.165) is 19.3 Å². The zero-order chi connectivity index (χ0) is 15.8. The van der Waals surface area contributed by atoms with E-state index in [1.54, 1.807) is 20.8 Å². The Morgan fingerprint density at radius 2 is 1.95 bits per heavy atom. The topological polar surface area (TPSA) is 49.8 Å². The molecule has 0 heterocycles. The Hall–Kier alpha value is -1.21. The molecule has 4 heteroatoms. The van der Waals surface area contributed by atoms with Gasteiger partial charge in [0.15, 0.2) is 0 Å². The van der Waals surface area contributed by atoms with Gasteiger partial charge < -0.3 is 4.74 Å². The zero-order valence-electron chi connectivity index (χ0n) is 13.7. The summed E-state index contributed by atoms with van der Waals surface area (Å²) < 4.78 is 5.16. The summed E-state index contributed by atoms with van der Waals surface area (Å²) in [6, 6.07) is -0.512. The average Bonchev–Trinajstić information content (AvgIpc) is 2.29. The lowest BCUT2D eigenvalue weighted by atomic mass is 10.0. The molecule has 0 aromatic rings. The summed E-state index contributed by atoms with van der Waals surface area (Å²) in [4.78, 5) is 11.9. The number of ether oxygens (including phenoxy) is 1. The number of amides is 1. The minimum absolute atomic E-state index is 0.331. The predicted molar refractivity (Wildman–Crippen MR) is 80.4 cm³/mol. The second-order valence-electron chi connectivity index (χ2n) is 6.39. The lowest BCUT2D eigenvalue weighted by Gasteiger charge is -2.27. The van der Waals surface area contributed by atoms with E-state index >= 15 is 0 Å². The summed E-state index contributed by atoms with van der Waals surface area (Å²) in [5.74, 6) is 6.34. The molecule has 0 aromatic heterocycles. The maximum atomic E-state index is 11.9. The Kier molecular flexibility index (Phi) is 8.33. The molecule has 1 atom stereocenters.